The summed E-state index contributed by atoms with van der Waals surface area (Å²) in [6, 6.07) is 4.26. The van der Waals surface area contributed by atoms with Crippen LogP contribution >= 0.6 is 11.8 Å². The first-order chi connectivity index (χ1) is 18.3. The summed E-state index contributed by atoms with van der Waals surface area (Å²) in [6.45, 7) is 16.4. The van der Waals surface area contributed by atoms with Gasteiger partial charge in [-0.25, -0.2) is 9.59 Å². The Morgan fingerprint density at radius 3 is 1.89 bits per heavy atom. The van der Waals surface area contributed by atoms with Crippen molar-refractivity contribution in [1.29, 1.82) is 0 Å². The number of aryl methyl sites for hydroxylation is 3. The van der Waals surface area contributed by atoms with Gasteiger partial charge in [0.15, 0.2) is 5.69 Å². The molecule has 214 valence electrons. The van der Waals surface area contributed by atoms with Crippen molar-refractivity contribution in [2.45, 2.75) is 119 Å². The molecule has 0 saturated heterocycles. The summed E-state index contributed by atoms with van der Waals surface area (Å²) in [4.78, 5) is 26.4. The highest BCUT2D eigenvalue weighted by Gasteiger charge is 2.41. The molecule has 0 aliphatic rings. The summed E-state index contributed by atoms with van der Waals surface area (Å²) in [7, 11) is 0. The molecule has 0 bridgehead atoms. The maximum atomic E-state index is 13.4. The second kappa shape index (κ2) is 19.2. The predicted molar refractivity (Wildman–Crippen MR) is 166 cm³/mol. The lowest BCUT2D eigenvalue weighted by Gasteiger charge is -2.31. The van der Waals surface area contributed by atoms with Crippen LogP contribution in [0, 0.1) is 6.92 Å². The molecule has 0 heterocycles. The van der Waals surface area contributed by atoms with Crippen LogP contribution in [0.25, 0.3) is 0 Å². The summed E-state index contributed by atoms with van der Waals surface area (Å²) >= 11 is 1.42. The Labute approximate surface area is 237 Å². The molecule has 0 aliphatic carbocycles. The van der Waals surface area contributed by atoms with E-state index in [9.17, 15) is 9.59 Å². The summed E-state index contributed by atoms with van der Waals surface area (Å²) in [5, 5.41) is 5.21. The average molecular weight is 546 g/mol. The minimum Gasteiger partial charge on any atom is -0.461 e. The van der Waals surface area contributed by atoms with Crippen molar-refractivity contribution < 1.29 is 14.3 Å². The van der Waals surface area contributed by atoms with Crippen LogP contribution in [0.3, 0.4) is 0 Å². The number of rotatable bonds is 18. The Morgan fingerprint density at radius 1 is 0.921 bits per heavy atom. The fourth-order valence-electron chi connectivity index (χ4n) is 4.91. The van der Waals surface area contributed by atoms with Gasteiger partial charge in [0.2, 0.25) is 5.04 Å². The zero-order valence-electron chi connectivity index (χ0n) is 25.1. The average Bonchev–Trinajstić information content (AvgIpc) is 2.89. The Balaban J connectivity index is 3.15. The van der Waals surface area contributed by atoms with E-state index in [0.29, 0.717) is 0 Å². The van der Waals surface area contributed by atoms with Gasteiger partial charge in [-0.3, -0.25) is 0 Å². The van der Waals surface area contributed by atoms with Crippen LogP contribution in [0.4, 0.5) is 5.69 Å². The van der Waals surface area contributed by atoms with Crippen LogP contribution in [-0.4, -0.2) is 35.8 Å². The number of hydrogen-bond donors (Lipinski definition) is 0. The van der Waals surface area contributed by atoms with Crippen molar-refractivity contribution in [2.75, 3.05) is 18.9 Å². The molecule has 0 spiro atoms. The Kier molecular flexibility index (Phi) is 17.2. The highest BCUT2D eigenvalue weighted by atomic mass is 32.2. The zero-order valence-corrected chi connectivity index (χ0v) is 25.9. The summed E-state index contributed by atoms with van der Waals surface area (Å²) < 4.78 is 5.09. The quantitative estimate of drug-likeness (QED) is 0.0352. The number of ether oxygens (including phenoxy) is 1. The molecule has 0 N–H and O–H groups in total. The number of amides is 1. The largest absolute Gasteiger partial charge is 0.461 e. The number of carbonyl (C=O) groups excluding carboxylic acids is 2. The van der Waals surface area contributed by atoms with Gasteiger partial charge in [0.1, 0.15) is 6.54 Å². The van der Waals surface area contributed by atoms with Crippen LogP contribution in [-0.2, 0) is 27.2 Å². The van der Waals surface area contributed by atoms with Gasteiger partial charge in [-0.05, 0) is 44.9 Å². The number of nitrogens with zero attached hydrogens (tertiary/aromatic N) is 2. The first kappa shape index (κ1) is 34.1. The molecule has 0 fully saturated rings. The SMILES string of the molecule is C=CC[N+](N=C(SCCCCCCCCCCCC)C(=O)OCC)(C(C)=O)c1c(CC)cc(C)cc1CC. The van der Waals surface area contributed by atoms with E-state index in [0.717, 1.165) is 53.8 Å². The lowest BCUT2D eigenvalue weighted by atomic mass is 9.98. The lowest BCUT2D eigenvalue weighted by molar-refractivity contribution is -0.134. The highest BCUT2D eigenvalue weighted by Crippen LogP contribution is 2.36. The third kappa shape index (κ3) is 10.7. The molecule has 0 aromatic heterocycles. The van der Waals surface area contributed by atoms with Crippen molar-refractivity contribution in [1.82, 2.24) is 4.59 Å². The lowest BCUT2D eigenvalue weighted by Crippen LogP contribution is -2.50. The number of carbonyl (C=O) groups is 2. The molecular formula is C32H53N2O3S+. The zero-order chi connectivity index (χ0) is 28.4. The third-order valence-corrected chi connectivity index (χ3v) is 7.92. The van der Waals surface area contributed by atoms with Crippen molar-refractivity contribution >= 4 is 34.4 Å². The Hall–Kier alpha value is -1.92. The van der Waals surface area contributed by atoms with Crippen LogP contribution in [0.1, 0.15) is 116 Å². The molecule has 5 nitrogen and oxygen atoms in total. The first-order valence-electron chi connectivity index (χ1n) is 14.8. The topological polar surface area (TPSA) is 55.7 Å². The minimum atomic E-state index is -0.458. The van der Waals surface area contributed by atoms with E-state index in [1.54, 1.807) is 19.9 Å². The maximum absolute atomic E-state index is 13.4. The first-order valence-corrected chi connectivity index (χ1v) is 15.8. The van der Waals surface area contributed by atoms with Crippen LogP contribution in [0.15, 0.2) is 29.9 Å². The second-order valence-corrected chi connectivity index (χ2v) is 11.1. The van der Waals surface area contributed by atoms with Gasteiger partial charge in [0.25, 0.3) is 0 Å². The van der Waals surface area contributed by atoms with Crippen LogP contribution in [0.2, 0.25) is 0 Å². The molecule has 1 unspecified atom stereocenters. The fraction of sp³-hybridized carbons (Fsp3) is 0.656. The molecular weight excluding hydrogens is 492 g/mol. The molecule has 1 rings (SSSR count). The fourth-order valence-corrected chi connectivity index (χ4v) is 5.82. The minimum absolute atomic E-state index is 0.139. The van der Waals surface area contributed by atoms with Gasteiger partial charge >= 0.3 is 11.9 Å². The Bertz CT molecular complexity index is 887. The molecule has 1 amide bonds. The van der Waals surface area contributed by atoms with Gasteiger partial charge in [-0.1, -0.05) is 124 Å². The number of quaternary nitrogens is 1. The van der Waals surface area contributed by atoms with Crippen molar-refractivity contribution in [2.24, 2.45) is 5.10 Å². The second-order valence-electron chi connectivity index (χ2n) is 10.1. The third-order valence-electron chi connectivity index (χ3n) is 6.91. The number of thioether (sulfide) groups is 1. The number of hydrogen-bond acceptors (Lipinski definition) is 5. The monoisotopic (exact) mass is 545 g/mol. The van der Waals surface area contributed by atoms with Crippen molar-refractivity contribution in [3.05, 3.63) is 41.5 Å². The van der Waals surface area contributed by atoms with Crippen LogP contribution in [0.5, 0.6) is 0 Å². The van der Waals surface area contributed by atoms with E-state index in [-0.39, 0.29) is 28.7 Å². The summed E-state index contributed by atoms with van der Waals surface area (Å²) in [6.07, 6.45) is 15.9. The van der Waals surface area contributed by atoms with Crippen molar-refractivity contribution in [3.8, 4) is 0 Å². The molecule has 1 atom stereocenters. The van der Waals surface area contributed by atoms with Gasteiger partial charge in [0.05, 0.1) is 13.5 Å². The number of unbranched alkanes of at least 4 members (excludes halogenated alkanes) is 9. The van der Waals surface area contributed by atoms with E-state index < -0.39 is 5.97 Å². The summed E-state index contributed by atoms with van der Waals surface area (Å²) in [5.74, 6) is 0.176. The predicted octanol–water partition coefficient (Wildman–Crippen LogP) is 8.69. The molecule has 1 aromatic rings. The van der Waals surface area contributed by atoms with Crippen LogP contribution < -0.4 is 4.59 Å². The normalized spacial score (nSPS) is 13.3. The smallest absolute Gasteiger partial charge is 0.369 e. The molecule has 0 aliphatic heterocycles. The molecule has 6 heteroatoms. The molecule has 0 saturated carbocycles. The van der Waals surface area contributed by atoms with E-state index in [1.165, 1.54) is 63.1 Å². The van der Waals surface area contributed by atoms with Gasteiger partial charge in [-0.2, -0.15) is 0 Å². The van der Waals surface area contributed by atoms with E-state index in [4.69, 9.17) is 9.84 Å². The van der Waals surface area contributed by atoms with Crippen molar-refractivity contribution in [3.63, 3.8) is 0 Å². The van der Waals surface area contributed by atoms with Gasteiger partial charge < -0.3 is 4.74 Å². The number of benzene rings is 1. The number of esters is 1. The van der Waals surface area contributed by atoms with E-state index in [1.807, 2.05) is 0 Å². The highest BCUT2D eigenvalue weighted by molar-refractivity contribution is 8.15. The Morgan fingerprint density at radius 2 is 1.45 bits per heavy atom. The summed E-state index contributed by atoms with van der Waals surface area (Å²) in [5.41, 5.74) is 4.18. The van der Waals surface area contributed by atoms with Gasteiger partial charge in [-0.15, -0.1) is 0 Å². The molecule has 0 radical (unpaired) electrons. The van der Waals surface area contributed by atoms with Gasteiger partial charge in [0, 0.05) is 11.1 Å². The van der Waals surface area contributed by atoms with E-state index in [2.05, 4.69) is 46.4 Å². The molecule has 38 heavy (non-hydrogen) atoms. The van der Waals surface area contributed by atoms with E-state index >= 15 is 0 Å². The standard InChI is InChI=1S/C32H53N2O3S/c1-8-13-14-15-16-17-18-19-20-21-23-38-31(32(36)37-12-5)33-34(22-9-2,27(7)35)30-28(10-3)24-26(6)25-29(30)11-4/h9,24-25H,2,8,10-23H2,1,3-7H3/q+1. The molecule has 1 aromatic carbocycles. The maximum Gasteiger partial charge on any atom is 0.369 e.